The molecule has 0 bridgehead atoms. The predicted octanol–water partition coefficient (Wildman–Crippen LogP) is 0.802. The van der Waals surface area contributed by atoms with Crippen LogP contribution in [0.2, 0.25) is 0 Å². The zero-order valence-electron chi connectivity index (χ0n) is 11.4. The number of esters is 1. The number of unbranched alkanes of at least 4 members (excludes halogenated alkanes) is 1. The van der Waals surface area contributed by atoms with Crippen molar-refractivity contribution < 1.29 is 22.1 Å². The number of ether oxygens (including phenoxy) is 1. The topological polar surface area (TPSA) is 95.7 Å². The van der Waals surface area contributed by atoms with Crippen LogP contribution in [-0.4, -0.2) is 38.9 Å². The minimum Gasteiger partial charge on any atom is -0.459 e. The number of nitrogens with two attached hydrogens (primary N) is 1. The fourth-order valence-corrected chi connectivity index (χ4v) is 1.59. The van der Waals surface area contributed by atoms with Crippen LogP contribution >= 0.6 is 0 Å². The van der Waals surface area contributed by atoms with Gasteiger partial charge in [-0.15, -0.1) is 0 Å². The third kappa shape index (κ3) is 10.5. The van der Waals surface area contributed by atoms with Gasteiger partial charge in [0.1, 0.15) is 11.6 Å². The van der Waals surface area contributed by atoms with Crippen LogP contribution in [0.3, 0.4) is 0 Å². The fraction of sp³-hybridized carbons (Fsp3) is 0.909. The van der Waals surface area contributed by atoms with Crippen molar-refractivity contribution in [2.24, 2.45) is 5.73 Å². The summed E-state index contributed by atoms with van der Waals surface area (Å²) in [5, 5.41) is 0. The Balaban J connectivity index is 3.77. The van der Waals surface area contributed by atoms with Gasteiger partial charge in [-0.05, 0) is 40.0 Å². The molecule has 6 nitrogen and oxygen atoms in total. The maximum absolute atomic E-state index is 11.5. The number of hydrogen-bond donors (Lipinski definition) is 1. The summed E-state index contributed by atoms with van der Waals surface area (Å²) < 4.78 is 31.0. The zero-order chi connectivity index (χ0) is 14.4. The molecule has 0 saturated carbocycles. The van der Waals surface area contributed by atoms with Crippen LogP contribution in [0.5, 0.6) is 0 Å². The van der Waals surface area contributed by atoms with E-state index in [4.69, 9.17) is 10.5 Å². The van der Waals surface area contributed by atoms with Crippen molar-refractivity contribution in [1.82, 2.24) is 0 Å². The van der Waals surface area contributed by atoms with Gasteiger partial charge in [0.25, 0.3) is 10.1 Å². The first-order valence-electron chi connectivity index (χ1n) is 5.84. The van der Waals surface area contributed by atoms with Gasteiger partial charge < -0.3 is 10.5 Å². The first-order chi connectivity index (χ1) is 8.01. The summed E-state index contributed by atoms with van der Waals surface area (Å²) in [6.07, 6.45) is 2.58. The van der Waals surface area contributed by atoms with Gasteiger partial charge in [-0.1, -0.05) is 0 Å². The van der Waals surface area contributed by atoms with Gasteiger partial charge in [-0.25, -0.2) is 0 Å². The Hall–Kier alpha value is -0.660. The molecular formula is C11H23NO5S. The molecule has 0 aliphatic rings. The van der Waals surface area contributed by atoms with Crippen molar-refractivity contribution in [2.45, 2.75) is 51.7 Å². The molecule has 0 aliphatic carbocycles. The molecule has 0 aromatic carbocycles. The number of rotatable bonds is 7. The Bertz CT molecular complexity index is 358. The number of carbonyl (C=O) groups is 1. The van der Waals surface area contributed by atoms with E-state index in [-0.39, 0.29) is 6.61 Å². The Kier molecular flexibility index (Phi) is 6.80. The Morgan fingerprint density at radius 3 is 2.28 bits per heavy atom. The standard InChI is InChI=1S/C11H23NO5S/c1-11(2,3)17-10(13)9(12)7-5-6-8-16-18(4,14)15/h9H,5-8,12H2,1-4H3/t9-/m0/s1. The van der Waals surface area contributed by atoms with Gasteiger partial charge in [0.05, 0.1) is 12.9 Å². The van der Waals surface area contributed by atoms with Crippen molar-refractivity contribution in [3.63, 3.8) is 0 Å². The van der Waals surface area contributed by atoms with Crippen LogP contribution < -0.4 is 5.73 Å². The lowest BCUT2D eigenvalue weighted by Crippen LogP contribution is -2.37. The maximum atomic E-state index is 11.5. The summed E-state index contributed by atoms with van der Waals surface area (Å²) in [5.74, 6) is -0.438. The van der Waals surface area contributed by atoms with Crippen LogP contribution in [0.1, 0.15) is 40.0 Å². The van der Waals surface area contributed by atoms with Crippen molar-refractivity contribution in [1.29, 1.82) is 0 Å². The summed E-state index contributed by atoms with van der Waals surface area (Å²) in [6.45, 7) is 5.44. The lowest BCUT2D eigenvalue weighted by atomic mass is 10.1. The molecule has 0 fully saturated rings. The highest BCUT2D eigenvalue weighted by molar-refractivity contribution is 7.85. The average Bonchev–Trinajstić information content (AvgIpc) is 2.12. The van der Waals surface area contributed by atoms with E-state index in [2.05, 4.69) is 4.18 Å². The highest BCUT2D eigenvalue weighted by atomic mass is 32.2. The normalized spacial score (nSPS) is 14.3. The second-order valence-corrected chi connectivity index (χ2v) is 6.81. The van der Waals surface area contributed by atoms with Crippen LogP contribution in [-0.2, 0) is 23.8 Å². The third-order valence-electron chi connectivity index (χ3n) is 1.92. The molecule has 2 N–H and O–H groups in total. The van der Waals surface area contributed by atoms with E-state index < -0.39 is 27.7 Å². The molecule has 0 spiro atoms. The Morgan fingerprint density at radius 1 is 1.28 bits per heavy atom. The average molecular weight is 281 g/mol. The van der Waals surface area contributed by atoms with E-state index in [1.54, 1.807) is 20.8 Å². The van der Waals surface area contributed by atoms with Crippen molar-refractivity contribution in [3.05, 3.63) is 0 Å². The van der Waals surface area contributed by atoms with Gasteiger partial charge in [0, 0.05) is 0 Å². The first kappa shape index (κ1) is 17.3. The van der Waals surface area contributed by atoms with E-state index in [0.717, 1.165) is 6.26 Å². The van der Waals surface area contributed by atoms with Crippen LogP contribution in [0, 0.1) is 0 Å². The van der Waals surface area contributed by atoms with Crippen molar-refractivity contribution >= 4 is 16.1 Å². The second-order valence-electron chi connectivity index (χ2n) is 5.16. The minimum absolute atomic E-state index is 0.111. The second kappa shape index (κ2) is 7.06. The molecule has 0 unspecified atom stereocenters. The van der Waals surface area contributed by atoms with Gasteiger partial charge in [0.15, 0.2) is 0 Å². The van der Waals surface area contributed by atoms with Gasteiger partial charge in [-0.3, -0.25) is 8.98 Å². The first-order valence-corrected chi connectivity index (χ1v) is 7.66. The van der Waals surface area contributed by atoms with Crippen LogP contribution in [0.4, 0.5) is 0 Å². The molecule has 1 atom stereocenters. The van der Waals surface area contributed by atoms with Crippen LogP contribution in [0.15, 0.2) is 0 Å². The molecular weight excluding hydrogens is 258 g/mol. The number of carbonyl (C=O) groups excluding carboxylic acids is 1. The lowest BCUT2D eigenvalue weighted by Gasteiger charge is -2.22. The van der Waals surface area contributed by atoms with E-state index in [9.17, 15) is 13.2 Å². The zero-order valence-corrected chi connectivity index (χ0v) is 12.2. The number of hydrogen-bond acceptors (Lipinski definition) is 6. The van der Waals surface area contributed by atoms with Gasteiger partial charge in [-0.2, -0.15) is 8.42 Å². The molecule has 0 heterocycles. The van der Waals surface area contributed by atoms with Gasteiger partial charge in [0.2, 0.25) is 0 Å². The maximum Gasteiger partial charge on any atom is 0.323 e. The Morgan fingerprint density at radius 2 is 1.83 bits per heavy atom. The summed E-state index contributed by atoms with van der Waals surface area (Å²) in [5.41, 5.74) is 5.11. The van der Waals surface area contributed by atoms with Gasteiger partial charge >= 0.3 is 5.97 Å². The predicted molar refractivity (Wildman–Crippen MR) is 68.5 cm³/mol. The molecule has 0 aliphatic heterocycles. The SMILES string of the molecule is CC(C)(C)OC(=O)[C@@H](N)CCCCOS(C)(=O)=O. The molecule has 0 rings (SSSR count). The van der Waals surface area contributed by atoms with E-state index in [1.807, 2.05) is 0 Å². The van der Waals surface area contributed by atoms with Crippen LogP contribution in [0.25, 0.3) is 0 Å². The van der Waals surface area contributed by atoms with E-state index >= 15 is 0 Å². The largest absolute Gasteiger partial charge is 0.459 e. The molecule has 18 heavy (non-hydrogen) atoms. The minimum atomic E-state index is -3.39. The lowest BCUT2D eigenvalue weighted by molar-refractivity contribution is -0.156. The van der Waals surface area contributed by atoms with E-state index in [1.165, 1.54) is 0 Å². The molecule has 0 aromatic rings. The molecule has 0 radical (unpaired) electrons. The highest BCUT2D eigenvalue weighted by Crippen LogP contribution is 2.10. The summed E-state index contributed by atoms with van der Waals surface area (Å²) >= 11 is 0. The Labute approximate surface area is 109 Å². The monoisotopic (exact) mass is 281 g/mol. The fourth-order valence-electron chi connectivity index (χ4n) is 1.17. The summed E-state index contributed by atoms with van der Waals surface area (Å²) in [4.78, 5) is 11.5. The van der Waals surface area contributed by atoms with E-state index in [0.29, 0.717) is 19.3 Å². The molecule has 108 valence electrons. The van der Waals surface area contributed by atoms with Crippen molar-refractivity contribution in [3.8, 4) is 0 Å². The third-order valence-corrected chi connectivity index (χ3v) is 2.51. The molecule has 0 saturated heterocycles. The molecule has 0 amide bonds. The highest BCUT2D eigenvalue weighted by Gasteiger charge is 2.21. The van der Waals surface area contributed by atoms with Crippen molar-refractivity contribution in [2.75, 3.05) is 12.9 Å². The summed E-state index contributed by atoms with van der Waals surface area (Å²) in [7, 11) is -3.39. The molecule has 0 aromatic heterocycles. The smallest absolute Gasteiger partial charge is 0.323 e. The summed E-state index contributed by atoms with van der Waals surface area (Å²) in [6, 6.07) is -0.678. The quantitative estimate of drug-likeness (QED) is 0.421. The molecule has 7 heteroatoms.